The molecule has 1 atom stereocenters. The summed E-state index contributed by atoms with van der Waals surface area (Å²) in [7, 11) is 0. The van der Waals surface area contributed by atoms with E-state index in [1.54, 1.807) is 0 Å². The summed E-state index contributed by atoms with van der Waals surface area (Å²) in [5.74, 6) is -0.826. The lowest BCUT2D eigenvalue weighted by Gasteiger charge is -2.06. The number of hydrogen-bond acceptors (Lipinski definition) is 1. The fourth-order valence-corrected chi connectivity index (χ4v) is 3.32. The molecule has 0 amide bonds. The molecule has 0 saturated carbocycles. The van der Waals surface area contributed by atoms with Gasteiger partial charge in [-0.1, -0.05) is 108 Å². The van der Waals surface area contributed by atoms with E-state index in [1.165, 1.54) is 82.6 Å². The third kappa shape index (κ3) is 12.7. The molecule has 0 saturated heterocycles. The molecule has 25 heavy (non-hydrogen) atoms. The van der Waals surface area contributed by atoms with E-state index in [2.05, 4.69) is 30.3 Å². The van der Waals surface area contributed by atoms with Crippen LogP contribution in [0.1, 0.15) is 96.0 Å². The van der Waals surface area contributed by atoms with Crippen molar-refractivity contribution in [3.63, 3.8) is 0 Å². The van der Waals surface area contributed by atoms with Crippen LogP contribution >= 0.6 is 0 Å². The normalized spacial score (nSPS) is 12.2. The Hall–Kier alpha value is -1.31. The molecule has 1 rings (SSSR count). The molecule has 0 aliphatic heterocycles. The summed E-state index contributed by atoms with van der Waals surface area (Å²) in [5.41, 5.74) is 1.47. The van der Waals surface area contributed by atoms with Gasteiger partial charge in [0.2, 0.25) is 0 Å². The monoisotopic (exact) mass is 346 g/mol. The van der Waals surface area contributed by atoms with Gasteiger partial charge >= 0.3 is 5.97 Å². The Morgan fingerprint density at radius 1 is 0.760 bits per heavy atom. The Bertz CT molecular complexity index is 427. The second kappa shape index (κ2) is 15.0. The molecular formula is C23H38O2. The van der Waals surface area contributed by atoms with Crippen LogP contribution in [-0.2, 0) is 11.2 Å². The standard InChI is InChI=1S/C23H38O2/c1-21(23(24)25)17-13-10-8-6-4-2-3-5-7-9-11-14-18-22-19-15-12-16-20-22/h12,15-16,19-21H,2-11,13-14,17-18H2,1H3,(H,24,25). The molecule has 0 bridgehead atoms. The Labute approximate surface area is 155 Å². The van der Waals surface area contributed by atoms with Crippen LogP contribution in [0.25, 0.3) is 0 Å². The molecule has 0 fully saturated rings. The Balaban J connectivity index is 1.75. The molecule has 2 heteroatoms. The minimum atomic E-state index is -0.653. The van der Waals surface area contributed by atoms with Crippen LogP contribution in [0.3, 0.4) is 0 Å². The topological polar surface area (TPSA) is 37.3 Å². The largest absolute Gasteiger partial charge is 0.481 e. The van der Waals surface area contributed by atoms with E-state index in [1.807, 2.05) is 6.92 Å². The number of aliphatic carboxylic acids is 1. The molecule has 0 radical (unpaired) electrons. The van der Waals surface area contributed by atoms with Crippen molar-refractivity contribution in [3.8, 4) is 0 Å². The smallest absolute Gasteiger partial charge is 0.306 e. The van der Waals surface area contributed by atoms with Crippen LogP contribution < -0.4 is 0 Å². The zero-order chi connectivity index (χ0) is 18.2. The van der Waals surface area contributed by atoms with Gasteiger partial charge in [-0.3, -0.25) is 4.79 Å². The number of unbranched alkanes of at least 4 members (excludes halogenated alkanes) is 11. The van der Waals surface area contributed by atoms with Gasteiger partial charge < -0.3 is 5.11 Å². The highest BCUT2D eigenvalue weighted by Crippen LogP contribution is 2.15. The summed E-state index contributed by atoms with van der Waals surface area (Å²) < 4.78 is 0. The lowest BCUT2D eigenvalue weighted by atomic mass is 10.0. The third-order valence-electron chi connectivity index (χ3n) is 5.12. The zero-order valence-electron chi connectivity index (χ0n) is 16.2. The highest BCUT2D eigenvalue weighted by molar-refractivity contribution is 5.69. The van der Waals surface area contributed by atoms with Crippen molar-refractivity contribution < 1.29 is 9.90 Å². The second-order valence-corrected chi connectivity index (χ2v) is 7.51. The van der Waals surface area contributed by atoms with Gasteiger partial charge in [0.15, 0.2) is 0 Å². The number of benzene rings is 1. The zero-order valence-corrected chi connectivity index (χ0v) is 16.2. The van der Waals surface area contributed by atoms with Crippen LogP contribution in [0, 0.1) is 5.92 Å². The number of rotatable bonds is 16. The molecule has 1 N–H and O–H groups in total. The van der Waals surface area contributed by atoms with E-state index >= 15 is 0 Å². The van der Waals surface area contributed by atoms with E-state index in [0.29, 0.717) is 0 Å². The minimum Gasteiger partial charge on any atom is -0.481 e. The van der Waals surface area contributed by atoms with E-state index in [-0.39, 0.29) is 5.92 Å². The lowest BCUT2D eigenvalue weighted by molar-refractivity contribution is -0.141. The van der Waals surface area contributed by atoms with Crippen molar-refractivity contribution in [3.05, 3.63) is 35.9 Å². The molecule has 0 spiro atoms. The van der Waals surface area contributed by atoms with Crippen LogP contribution in [0.2, 0.25) is 0 Å². The summed E-state index contributed by atoms with van der Waals surface area (Å²) in [4.78, 5) is 10.7. The Morgan fingerprint density at radius 3 is 1.68 bits per heavy atom. The van der Waals surface area contributed by atoms with E-state index in [4.69, 9.17) is 5.11 Å². The van der Waals surface area contributed by atoms with Gasteiger partial charge in [-0.05, 0) is 24.8 Å². The summed E-state index contributed by atoms with van der Waals surface area (Å²) in [5, 5.41) is 8.83. The first-order valence-corrected chi connectivity index (χ1v) is 10.5. The van der Waals surface area contributed by atoms with E-state index in [9.17, 15) is 4.79 Å². The Morgan fingerprint density at radius 2 is 1.20 bits per heavy atom. The van der Waals surface area contributed by atoms with Crippen molar-refractivity contribution >= 4 is 5.97 Å². The van der Waals surface area contributed by atoms with Gasteiger partial charge in [0.25, 0.3) is 0 Å². The predicted octanol–water partition coefficient (Wildman–Crippen LogP) is 7.02. The first-order chi connectivity index (χ1) is 12.2. The van der Waals surface area contributed by atoms with Gasteiger partial charge in [0, 0.05) is 0 Å². The van der Waals surface area contributed by atoms with Crippen molar-refractivity contribution in [1.82, 2.24) is 0 Å². The molecule has 2 nitrogen and oxygen atoms in total. The van der Waals surface area contributed by atoms with Gasteiger partial charge in [-0.25, -0.2) is 0 Å². The number of aryl methyl sites for hydroxylation is 1. The molecule has 1 aromatic carbocycles. The molecule has 0 aliphatic rings. The van der Waals surface area contributed by atoms with Gasteiger partial charge in [0.05, 0.1) is 5.92 Å². The molecule has 0 aromatic heterocycles. The lowest BCUT2D eigenvalue weighted by Crippen LogP contribution is -2.08. The van der Waals surface area contributed by atoms with E-state index in [0.717, 1.165) is 12.8 Å². The predicted molar refractivity (Wildman–Crippen MR) is 107 cm³/mol. The van der Waals surface area contributed by atoms with Gasteiger partial charge in [0.1, 0.15) is 0 Å². The summed E-state index contributed by atoms with van der Waals surface area (Å²) in [6, 6.07) is 10.8. The number of hydrogen-bond donors (Lipinski definition) is 1. The van der Waals surface area contributed by atoms with Crippen LogP contribution in [-0.4, -0.2) is 11.1 Å². The van der Waals surface area contributed by atoms with Gasteiger partial charge in [-0.2, -0.15) is 0 Å². The molecule has 1 aromatic rings. The van der Waals surface area contributed by atoms with Crippen molar-refractivity contribution in [2.45, 2.75) is 96.8 Å². The summed E-state index contributed by atoms with van der Waals surface area (Å²) in [6.07, 6.45) is 17.9. The van der Waals surface area contributed by atoms with Crippen LogP contribution in [0.15, 0.2) is 30.3 Å². The van der Waals surface area contributed by atoms with E-state index < -0.39 is 5.97 Å². The fraction of sp³-hybridized carbons (Fsp3) is 0.696. The van der Waals surface area contributed by atoms with Crippen molar-refractivity contribution in [1.29, 1.82) is 0 Å². The molecule has 0 heterocycles. The summed E-state index contributed by atoms with van der Waals surface area (Å²) in [6.45, 7) is 1.81. The average Bonchev–Trinajstić information content (AvgIpc) is 2.62. The van der Waals surface area contributed by atoms with Crippen molar-refractivity contribution in [2.24, 2.45) is 5.92 Å². The number of carbonyl (C=O) groups is 1. The fourth-order valence-electron chi connectivity index (χ4n) is 3.32. The van der Waals surface area contributed by atoms with Crippen LogP contribution in [0.5, 0.6) is 0 Å². The second-order valence-electron chi connectivity index (χ2n) is 7.51. The highest BCUT2D eigenvalue weighted by atomic mass is 16.4. The third-order valence-corrected chi connectivity index (χ3v) is 5.12. The molecule has 142 valence electrons. The number of carboxylic acids is 1. The van der Waals surface area contributed by atoms with Gasteiger partial charge in [-0.15, -0.1) is 0 Å². The maximum atomic E-state index is 10.7. The Kier molecular flexibility index (Phi) is 13.0. The molecular weight excluding hydrogens is 308 g/mol. The molecule has 0 aliphatic carbocycles. The molecule has 1 unspecified atom stereocenters. The first kappa shape index (κ1) is 21.7. The first-order valence-electron chi connectivity index (χ1n) is 10.5. The maximum Gasteiger partial charge on any atom is 0.306 e. The SMILES string of the molecule is CC(CCCCCCCCCCCCCCc1ccccc1)C(=O)O. The highest BCUT2D eigenvalue weighted by Gasteiger charge is 2.09. The number of carboxylic acid groups (broad SMARTS) is 1. The average molecular weight is 347 g/mol. The minimum absolute atomic E-state index is 0.173. The summed E-state index contributed by atoms with van der Waals surface area (Å²) >= 11 is 0. The van der Waals surface area contributed by atoms with Crippen LogP contribution in [0.4, 0.5) is 0 Å². The van der Waals surface area contributed by atoms with Crippen molar-refractivity contribution in [2.75, 3.05) is 0 Å². The quantitative estimate of drug-likeness (QED) is 0.326. The maximum absolute atomic E-state index is 10.7.